The zero-order chi connectivity index (χ0) is 26.2. The van der Waals surface area contributed by atoms with Gasteiger partial charge in [0, 0.05) is 24.8 Å². The van der Waals surface area contributed by atoms with E-state index in [2.05, 4.69) is 39.5 Å². The van der Waals surface area contributed by atoms with Crippen LogP contribution in [0.1, 0.15) is 53.9 Å². The molecular weight excluding hydrogens is 534 g/mol. The summed E-state index contributed by atoms with van der Waals surface area (Å²) in [5.41, 5.74) is 1.52. The maximum Gasteiger partial charge on any atom is 0.425 e. The quantitative estimate of drug-likeness (QED) is 0.314. The number of hydrogen-bond acceptors (Lipinski definition) is 5. The third-order valence-corrected chi connectivity index (χ3v) is 11.9. The van der Waals surface area contributed by atoms with Crippen molar-refractivity contribution in [3.63, 3.8) is 0 Å². The van der Waals surface area contributed by atoms with Crippen molar-refractivity contribution in [2.24, 2.45) is 17.8 Å². The van der Waals surface area contributed by atoms with Gasteiger partial charge < -0.3 is 14.2 Å². The van der Waals surface area contributed by atoms with Crippen molar-refractivity contribution < 1.29 is 14.1 Å². The minimum absolute atomic E-state index is 0.0499. The lowest BCUT2D eigenvalue weighted by Gasteiger charge is -2.44. The van der Waals surface area contributed by atoms with Crippen molar-refractivity contribution in [3.8, 4) is 5.75 Å². The molecule has 4 unspecified atom stereocenters. The molecule has 4 rings (SSSR count). The first-order chi connectivity index (χ1) is 17.1. The van der Waals surface area contributed by atoms with Gasteiger partial charge in [-0.15, -0.1) is 0 Å². The fraction of sp³-hybridized carbons (Fsp3) is 0.519. The number of benzene rings is 2. The highest BCUT2D eigenvalue weighted by Crippen LogP contribution is 2.60. The van der Waals surface area contributed by atoms with Gasteiger partial charge in [0.15, 0.2) is 6.42 Å². The monoisotopic (exact) mass is 568 g/mol. The van der Waals surface area contributed by atoms with Crippen molar-refractivity contribution in [1.82, 2.24) is 0 Å². The molecule has 36 heavy (non-hydrogen) atoms. The van der Waals surface area contributed by atoms with Gasteiger partial charge in [-0.3, -0.25) is 0 Å². The Balaban J connectivity index is 1.86. The molecule has 1 amide bonds. The molecule has 0 bridgehead atoms. The van der Waals surface area contributed by atoms with Crippen LogP contribution >= 0.6 is 29.6 Å². The molecule has 1 saturated carbocycles. The van der Waals surface area contributed by atoms with Crippen LogP contribution in [0.3, 0.4) is 0 Å². The summed E-state index contributed by atoms with van der Waals surface area (Å²) in [7, 11) is 0. The number of fused-ring (bicyclic) bond motifs is 1. The third kappa shape index (κ3) is 5.31. The summed E-state index contributed by atoms with van der Waals surface area (Å²) in [5, 5.41) is 1.50. The summed E-state index contributed by atoms with van der Waals surface area (Å²) >= 11 is 19.0. The van der Waals surface area contributed by atoms with Crippen molar-refractivity contribution in [1.29, 1.82) is 0 Å². The summed E-state index contributed by atoms with van der Waals surface area (Å²) in [6.45, 7) is 12.6. The molecule has 2 aromatic carbocycles. The van der Waals surface area contributed by atoms with E-state index < -0.39 is 12.5 Å². The van der Waals surface area contributed by atoms with E-state index in [0.29, 0.717) is 39.2 Å². The van der Waals surface area contributed by atoms with E-state index in [-0.39, 0.29) is 6.10 Å². The predicted octanol–water partition coefficient (Wildman–Crippen LogP) is 8.27. The smallest absolute Gasteiger partial charge is 0.409 e. The van der Waals surface area contributed by atoms with Crippen LogP contribution < -0.4 is 19.6 Å². The number of nitrogens with zero attached hydrogens (tertiary/aromatic N) is 2. The van der Waals surface area contributed by atoms with Crippen LogP contribution in [0.2, 0.25) is 10.0 Å². The molecule has 0 radical (unpaired) electrons. The molecule has 0 saturated heterocycles. The molecule has 0 aromatic heterocycles. The molecule has 0 N–H and O–H groups in total. The van der Waals surface area contributed by atoms with Crippen LogP contribution in [0.25, 0.3) is 0 Å². The van der Waals surface area contributed by atoms with Gasteiger partial charge in [-0.05, 0) is 86.6 Å². The maximum absolute atomic E-state index is 13.6. The average molecular weight is 570 g/mol. The predicted molar refractivity (Wildman–Crippen MR) is 155 cm³/mol. The Morgan fingerprint density at radius 3 is 2.50 bits per heavy atom. The molecular formula is C27H35Cl2N2O3PS. The van der Waals surface area contributed by atoms with Crippen LogP contribution in [0.5, 0.6) is 5.75 Å². The first-order valence-electron chi connectivity index (χ1n) is 12.7. The molecule has 1 heterocycles. The third-order valence-electron chi connectivity index (χ3n) is 7.40. The van der Waals surface area contributed by atoms with Gasteiger partial charge in [-0.2, -0.15) is 0 Å². The topological polar surface area (TPSA) is 42.0 Å². The van der Waals surface area contributed by atoms with Gasteiger partial charge >= 0.3 is 6.09 Å². The number of halogens is 2. The SMILES string of the molecule is CCN(CC)c1ccc2c(c1)OC(=O)N(c1ccc(Cl)c(Cl)c1)P2(=S)OC1CC(C)CCC1C(C)C. The molecule has 1 aliphatic heterocycles. The van der Waals surface area contributed by atoms with Gasteiger partial charge in [0.2, 0.25) is 0 Å². The van der Waals surface area contributed by atoms with E-state index in [1.165, 1.54) is 11.1 Å². The molecule has 2 aliphatic rings. The van der Waals surface area contributed by atoms with Crippen molar-refractivity contribution in [2.45, 2.75) is 60.0 Å². The number of amides is 1. The van der Waals surface area contributed by atoms with E-state index in [0.717, 1.165) is 36.9 Å². The number of carbonyl (C=O) groups excluding carboxylic acids is 1. The van der Waals surface area contributed by atoms with Crippen LogP contribution in [-0.4, -0.2) is 25.3 Å². The molecule has 1 fully saturated rings. The molecule has 2 aromatic rings. The van der Waals surface area contributed by atoms with Gasteiger partial charge in [0.1, 0.15) is 5.75 Å². The minimum atomic E-state index is -3.09. The standard InChI is InChI=1S/C27H35Cl2N2O3PS/c1-6-30(7-2)19-10-13-26-25(16-19)33-27(32)31(20-9-12-22(28)23(29)15-20)35(26,36)34-24-14-18(5)8-11-21(24)17(3)4/h9-10,12-13,15-18,21,24H,6-8,11,14H2,1-5H3. The lowest BCUT2D eigenvalue weighted by molar-refractivity contribution is 0.0554. The van der Waals surface area contributed by atoms with E-state index in [4.69, 9.17) is 44.3 Å². The number of ether oxygens (including phenoxy) is 1. The Kier molecular flexibility index (Phi) is 8.63. The number of hydrogen-bond donors (Lipinski definition) is 0. The molecule has 196 valence electrons. The minimum Gasteiger partial charge on any atom is -0.409 e. The van der Waals surface area contributed by atoms with Crippen LogP contribution in [0.4, 0.5) is 16.2 Å². The molecule has 0 spiro atoms. The highest BCUT2D eigenvalue weighted by Gasteiger charge is 2.46. The van der Waals surface area contributed by atoms with E-state index in [9.17, 15) is 4.79 Å². The fourth-order valence-electron chi connectivity index (χ4n) is 5.35. The lowest BCUT2D eigenvalue weighted by atomic mass is 9.75. The van der Waals surface area contributed by atoms with Crippen LogP contribution in [0.15, 0.2) is 36.4 Å². The second-order valence-corrected chi connectivity index (χ2v) is 14.5. The van der Waals surface area contributed by atoms with Gasteiger partial charge in [-0.25, -0.2) is 9.46 Å². The molecule has 4 atom stereocenters. The van der Waals surface area contributed by atoms with Gasteiger partial charge in [0.05, 0.1) is 27.1 Å². The maximum atomic E-state index is 13.6. The Labute approximate surface area is 230 Å². The molecule has 1 aliphatic carbocycles. The first-order valence-corrected chi connectivity index (χ1v) is 16.2. The fourth-order valence-corrected chi connectivity index (χ4v) is 9.28. The van der Waals surface area contributed by atoms with Gasteiger partial charge in [-0.1, -0.05) is 50.4 Å². The number of rotatable bonds is 7. The Morgan fingerprint density at radius 2 is 1.86 bits per heavy atom. The Hall–Kier alpha value is -1.30. The van der Waals surface area contributed by atoms with Crippen molar-refractivity contribution in [3.05, 3.63) is 46.4 Å². The van der Waals surface area contributed by atoms with Gasteiger partial charge in [0.25, 0.3) is 0 Å². The summed E-state index contributed by atoms with van der Waals surface area (Å²) in [6.07, 6.45) is -0.517. The zero-order valence-electron chi connectivity index (χ0n) is 21.5. The second kappa shape index (κ2) is 11.2. The van der Waals surface area contributed by atoms with Crippen LogP contribution in [0, 0.1) is 17.8 Å². The summed E-state index contributed by atoms with van der Waals surface area (Å²) < 4.78 is 14.4. The average Bonchev–Trinajstić information content (AvgIpc) is 2.81. The molecule has 9 heteroatoms. The second-order valence-electron chi connectivity index (χ2n) is 10.1. The normalized spacial score (nSPS) is 26.1. The zero-order valence-corrected chi connectivity index (χ0v) is 24.8. The van der Waals surface area contributed by atoms with Crippen molar-refractivity contribution >= 4 is 64.2 Å². The van der Waals surface area contributed by atoms with E-state index in [1.54, 1.807) is 18.2 Å². The van der Waals surface area contributed by atoms with E-state index in [1.807, 2.05) is 18.2 Å². The van der Waals surface area contributed by atoms with E-state index >= 15 is 0 Å². The molecule has 5 nitrogen and oxygen atoms in total. The summed E-state index contributed by atoms with van der Waals surface area (Å²) in [4.78, 5) is 15.8. The highest BCUT2D eigenvalue weighted by atomic mass is 35.5. The Morgan fingerprint density at radius 1 is 1.14 bits per heavy atom. The number of carbonyl (C=O) groups is 1. The Bertz CT molecular complexity index is 1170. The number of anilines is 2. The van der Waals surface area contributed by atoms with Crippen molar-refractivity contribution in [2.75, 3.05) is 22.7 Å². The largest absolute Gasteiger partial charge is 0.425 e. The highest BCUT2D eigenvalue weighted by molar-refractivity contribution is 8.17. The lowest BCUT2D eigenvalue weighted by Crippen LogP contribution is -2.44. The first kappa shape index (κ1) is 27.7. The van der Waals surface area contributed by atoms with Crippen LogP contribution in [-0.2, 0) is 16.3 Å². The summed E-state index contributed by atoms with van der Waals surface area (Å²) in [6, 6.07) is 11.0. The summed E-state index contributed by atoms with van der Waals surface area (Å²) in [5.74, 6) is 1.83.